The summed E-state index contributed by atoms with van der Waals surface area (Å²) in [5, 5.41) is 9.85. The van der Waals surface area contributed by atoms with E-state index in [9.17, 15) is 5.11 Å². The van der Waals surface area contributed by atoms with Gasteiger partial charge in [0, 0.05) is 12.6 Å². The predicted molar refractivity (Wildman–Crippen MR) is 81.3 cm³/mol. The Morgan fingerprint density at radius 2 is 1.95 bits per heavy atom. The molecule has 1 unspecified atom stereocenters. The minimum atomic E-state index is -0.676. The fraction of sp³-hybridized carbons (Fsp3) is 1.00. The zero-order valence-corrected chi connectivity index (χ0v) is 13.1. The van der Waals surface area contributed by atoms with Crippen molar-refractivity contribution in [1.82, 2.24) is 9.80 Å². The van der Waals surface area contributed by atoms with E-state index in [4.69, 9.17) is 5.73 Å². The third-order valence-electron chi connectivity index (χ3n) is 4.54. The Bertz CT molecular complexity index is 238. The highest BCUT2D eigenvalue weighted by Crippen LogP contribution is 2.17. The van der Waals surface area contributed by atoms with Crippen molar-refractivity contribution in [3.63, 3.8) is 0 Å². The number of likely N-dealkylation sites (tertiary alicyclic amines) is 1. The summed E-state index contributed by atoms with van der Waals surface area (Å²) in [5.41, 5.74) is 4.85. The van der Waals surface area contributed by atoms with Crippen molar-refractivity contribution in [2.75, 3.05) is 39.8 Å². The number of hydrogen-bond donors (Lipinski definition) is 2. The molecule has 0 aromatic carbocycles. The van der Waals surface area contributed by atoms with Gasteiger partial charge in [0.2, 0.25) is 0 Å². The minimum absolute atomic E-state index is 0.359. The van der Waals surface area contributed by atoms with E-state index in [1.165, 1.54) is 32.5 Å². The van der Waals surface area contributed by atoms with Crippen molar-refractivity contribution in [3.05, 3.63) is 0 Å². The van der Waals surface area contributed by atoms with Gasteiger partial charge in [0.15, 0.2) is 0 Å². The van der Waals surface area contributed by atoms with E-state index >= 15 is 0 Å². The van der Waals surface area contributed by atoms with E-state index in [0.29, 0.717) is 6.54 Å². The molecule has 4 nitrogen and oxygen atoms in total. The van der Waals surface area contributed by atoms with Gasteiger partial charge >= 0.3 is 0 Å². The van der Waals surface area contributed by atoms with Crippen molar-refractivity contribution in [1.29, 1.82) is 0 Å². The molecular formula is C15H33N3O. The van der Waals surface area contributed by atoms with Crippen LogP contribution in [0.2, 0.25) is 0 Å². The average molecular weight is 271 g/mol. The molecule has 3 N–H and O–H groups in total. The summed E-state index contributed by atoms with van der Waals surface area (Å²) in [5.74, 6) is 0. The van der Waals surface area contributed by atoms with Gasteiger partial charge in [-0.1, -0.05) is 6.92 Å². The van der Waals surface area contributed by atoms with Crippen LogP contribution in [0, 0.1) is 0 Å². The summed E-state index contributed by atoms with van der Waals surface area (Å²) in [6.07, 6.45) is 5.62. The fourth-order valence-electron chi connectivity index (χ4n) is 2.83. The second-order valence-corrected chi connectivity index (χ2v) is 6.30. The molecule has 0 bridgehead atoms. The molecule has 114 valence electrons. The molecule has 1 saturated heterocycles. The Balaban J connectivity index is 2.13. The largest absolute Gasteiger partial charge is 0.389 e. The van der Waals surface area contributed by atoms with Crippen LogP contribution in [-0.2, 0) is 0 Å². The molecule has 0 radical (unpaired) electrons. The second kappa shape index (κ2) is 8.20. The molecule has 1 heterocycles. The Kier molecular flexibility index (Phi) is 7.29. The van der Waals surface area contributed by atoms with Crippen molar-refractivity contribution in [2.24, 2.45) is 5.73 Å². The predicted octanol–water partition coefficient (Wildman–Crippen LogP) is 1.28. The van der Waals surface area contributed by atoms with Crippen LogP contribution in [0.1, 0.15) is 46.0 Å². The van der Waals surface area contributed by atoms with Crippen LogP contribution in [0.15, 0.2) is 0 Å². The van der Waals surface area contributed by atoms with E-state index in [0.717, 1.165) is 31.8 Å². The summed E-state index contributed by atoms with van der Waals surface area (Å²) in [4.78, 5) is 5.03. The molecule has 1 aliphatic heterocycles. The van der Waals surface area contributed by atoms with Crippen LogP contribution in [0.5, 0.6) is 0 Å². The average Bonchev–Trinajstić information content (AvgIpc) is 2.43. The van der Waals surface area contributed by atoms with Gasteiger partial charge in [-0.15, -0.1) is 0 Å². The van der Waals surface area contributed by atoms with Gasteiger partial charge in [-0.2, -0.15) is 0 Å². The second-order valence-electron chi connectivity index (χ2n) is 6.30. The molecule has 0 amide bonds. The van der Waals surface area contributed by atoms with Gasteiger partial charge in [0.1, 0.15) is 0 Å². The third kappa shape index (κ3) is 6.21. The lowest BCUT2D eigenvalue weighted by atomic mass is 9.98. The number of aliphatic hydroxyl groups is 1. The molecule has 1 rings (SSSR count). The van der Waals surface area contributed by atoms with Crippen molar-refractivity contribution < 1.29 is 5.11 Å². The first-order valence-electron chi connectivity index (χ1n) is 7.83. The van der Waals surface area contributed by atoms with Crippen LogP contribution in [0.4, 0.5) is 0 Å². The van der Waals surface area contributed by atoms with Crippen molar-refractivity contribution >= 4 is 0 Å². The number of hydrogen-bond acceptors (Lipinski definition) is 4. The molecule has 1 aliphatic rings. The SMILES string of the molecule is CCN1CCC(N(C)CCCCC(C)(O)CN)CC1. The van der Waals surface area contributed by atoms with E-state index in [2.05, 4.69) is 23.8 Å². The number of nitrogens with zero attached hydrogens (tertiary/aromatic N) is 2. The topological polar surface area (TPSA) is 52.7 Å². The van der Waals surface area contributed by atoms with Crippen molar-refractivity contribution in [3.8, 4) is 0 Å². The first kappa shape index (κ1) is 16.9. The number of unbranched alkanes of at least 4 members (excludes halogenated alkanes) is 1. The summed E-state index contributed by atoms with van der Waals surface area (Å²) < 4.78 is 0. The first-order chi connectivity index (χ1) is 8.98. The molecule has 1 fully saturated rings. The molecule has 0 spiro atoms. The Labute approximate surface area is 118 Å². The molecule has 0 aliphatic carbocycles. The van der Waals surface area contributed by atoms with Gasteiger partial charge in [-0.05, 0) is 72.3 Å². The maximum Gasteiger partial charge on any atom is 0.0741 e. The molecule has 0 aromatic heterocycles. The number of nitrogens with two attached hydrogens (primary N) is 1. The molecule has 0 aromatic rings. The van der Waals surface area contributed by atoms with Crippen LogP contribution in [0.3, 0.4) is 0 Å². The standard InChI is InChI=1S/C15H33N3O/c1-4-18-11-7-14(8-12-18)17(3)10-6-5-9-15(2,19)13-16/h14,19H,4-13,16H2,1-3H3. The van der Waals surface area contributed by atoms with E-state index in [-0.39, 0.29) is 0 Å². The molecule has 1 atom stereocenters. The summed E-state index contributed by atoms with van der Waals surface area (Å²) >= 11 is 0. The van der Waals surface area contributed by atoms with Gasteiger partial charge in [0.25, 0.3) is 0 Å². The maximum atomic E-state index is 9.85. The quantitative estimate of drug-likeness (QED) is 0.653. The third-order valence-corrected chi connectivity index (χ3v) is 4.54. The highest BCUT2D eigenvalue weighted by atomic mass is 16.3. The van der Waals surface area contributed by atoms with E-state index in [1.807, 2.05) is 6.92 Å². The molecule has 19 heavy (non-hydrogen) atoms. The number of rotatable bonds is 8. The summed E-state index contributed by atoms with van der Waals surface area (Å²) in [6, 6.07) is 0.748. The Morgan fingerprint density at radius 3 is 2.47 bits per heavy atom. The van der Waals surface area contributed by atoms with Gasteiger partial charge in [0.05, 0.1) is 5.60 Å². The normalized spacial score (nSPS) is 21.8. The monoisotopic (exact) mass is 271 g/mol. The first-order valence-corrected chi connectivity index (χ1v) is 7.83. The summed E-state index contributed by atoms with van der Waals surface area (Å²) in [6.45, 7) is 9.24. The Hall–Kier alpha value is -0.160. The molecule has 0 saturated carbocycles. The summed E-state index contributed by atoms with van der Waals surface area (Å²) in [7, 11) is 2.24. The lowest BCUT2D eigenvalue weighted by Crippen LogP contribution is -2.43. The lowest BCUT2D eigenvalue weighted by Gasteiger charge is -2.36. The van der Waals surface area contributed by atoms with Crippen LogP contribution < -0.4 is 5.73 Å². The smallest absolute Gasteiger partial charge is 0.0741 e. The van der Waals surface area contributed by atoms with Gasteiger partial charge in [-0.3, -0.25) is 0 Å². The zero-order valence-electron chi connectivity index (χ0n) is 13.1. The molecular weight excluding hydrogens is 238 g/mol. The molecule has 4 heteroatoms. The highest BCUT2D eigenvalue weighted by molar-refractivity contribution is 4.78. The van der Waals surface area contributed by atoms with Crippen molar-refractivity contribution in [2.45, 2.75) is 57.6 Å². The zero-order chi connectivity index (χ0) is 14.3. The van der Waals surface area contributed by atoms with Crippen LogP contribution >= 0.6 is 0 Å². The minimum Gasteiger partial charge on any atom is -0.389 e. The fourth-order valence-corrected chi connectivity index (χ4v) is 2.83. The van der Waals surface area contributed by atoms with Gasteiger partial charge in [-0.25, -0.2) is 0 Å². The van der Waals surface area contributed by atoms with Crippen LogP contribution in [-0.4, -0.2) is 66.3 Å². The maximum absolute atomic E-state index is 9.85. The highest BCUT2D eigenvalue weighted by Gasteiger charge is 2.21. The van der Waals surface area contributed by atoms with E-state index < -0.39 is 5.60 Å². The van der Waals surface area contributed by atoms with Crippen LogP contribution in [0.25, 0.3) is 0 Å². The lowest BCUT2D eigenvalue weighted by molar-refractivity contribution is 0.0555. The van der Waals surface area contributed by atoms with Gasteiger partial charge < -0.3 is 20.6 Å². The Morgan fingerprint density at radius 1 is 1.32 bits per heavy atom. The number of piperidine rings is 1. The van der Waals surface area contributed by atoms with E-state index in [1.54, 1.807) is 0 Å².